The van der Waals surface area contributed by atoms with E-state index in [0.717, 1.165) is 10.0 Å². The highest BCUT2D eigenvalue weighted by Gasteiger charge is 2.05. The number of aliphatic imine (C=N–C) groups is 1. The van der Waals surface area contributed by atoms with Crippen LogP contribution < -0.4 is 0 Å². The second-order valence-electron chi connectivity index (χ2n) is 3.86. The molecule has 0 aromatic heterocycles. The van der Waals surface area contributed by atoms with E-state index in [0.29, 0.717) is 19.8 Å². The molecule has 0 radical (unpaired) electrons. The van der Waals surface area contributed by atoms with Gasteiger partial charge in [0.1, 0.15) is 0 Å². The van der Waals surface area contributed by atoms with Crippen LogP contribution in [0.3, 0.4) is 0 Å². The summed E-state index contributed by atoms with van der Waals surface area (Å²) in [5.41, 5.74) is 2.28. The van der Waals surface area contributed by atoms with Crippen molar-refractivity contribution in [2.45, 2.75) is 27.1 Å². The molecule has 100 valence electrons. The third-order valence-electron chi connectivity index (χ3n) is 2.34. The fourth-order valence-electron chi connectivity index (χ4n) is 1.52. The molecule has 0 atom stereocenters. The van der Waals surface area contributed by atoms with E-state index in [1.165, 1.54) is 5.56 Å². The fraction of sp³-hybridized carbons (Fsp3) is 0.500. The molecule has 0 aliphatic carbocycles. The zero-order valence-corrected chi connectivity index (χ0v) is 12.7. The van der Waals surface area contributed by atoms with Gasteiger partial charge in [-0.25, -0.2) is 0 Å². The minimum Gasteiger partial charge on any atom is -0.351 e. The van der Waals surface area contributed by atoms with E-state index in [9.17, 15) is 0 Å². The molecule has 4 heteroatoms. The number of ether oxygens (including phenoxy) is 2. The van der Waals surface area contributed by atoms with Gasteiger partial charge in [0.2, 0.25) is 0 Å². The first-order chi connectivity index (χ1) is 8.67. The highest BCUT2D eigenvalue weighted by molar-refractivity contribution is 9.10. The van der Waals surface area contributed by atoms with Gasteiger partial charge in [-0.1, -0.05) is 27.6 Å². The van der Waals surface area contributed by atoms with Crippen LogP contribution in [0.1, 0.15) is 25.0 Å². The number of halogens is 1. The zero-order chi connectivity index (χ0) is 13.4. The van der Waals surface area contributed by atoms with Crippen molar-refractivity contribution in [3.05, 3.63) is 33.8 Å². The van der Waals surface area contributed by atoms with Gasteiger partial charge in [0, 0.05) is 29.5 Å². The second kappa shape index (κ2) is 8.40. The van der Waals surface area contributed by atoms with Crippen LogP contribution in [0.2, 0.25) is 0 Å². The first kappa shape index (κ1) is 15.3. The molecule has 0 spiro atoms. The second-order valence-corrected chi connectivity index (χ2v) is 4.71. The molecule has 1 aromatic carbocycles. The predicted octanol–water partition coefficient (Wildman–Crippen LogP) is 3.58. The van der Waals surface area contributed by atoms with E-state index in [1.807, 2.05) is 26.1 Å². The van der Waals surface area contributed by atoms with Crippen LogP contribution in [-0.4, -0.2) is 32.3 Å². The van der Waals surface area contributed by atoms with Crippen LogP contribution in [0.4, 0.5) is 0 Å². The summed E-state index contributed by atoms with van der Waals surface area (Å²) in [6.45, 7) is 7.75. The average molecular weight is 314 g/mol. The van der Waals surface area contributed by atoms with Crippen LogP contribution in [0, 0.1) is 6.92 Å². The van der Waals surface area contributed by atoms with E-state index >= 15 is 0 Å². The van der Waals surface area contributed by atoms with Gasteiger partial charge in [-0.2, -0.15) is 0 Å². The molecule has 0 amide bonds. The van der Waals surface area contributed by atoms with Crippen molar-refractivity contribution in [3.8, 4) is 0 Å². The van der Waals surface area contributed by atoms with Gasteiger partial charge < -0.3 is 9.47 Å². The normalized spacial score (nSPS) is 11.6. The van der Waals surface area contributed by atoms with Crippen molar-refractivity contribution in [1.82, 2.24) is 0 Å². The van der Waals surface area contributed by atoms with Gasteiger partial charge >= 0.3 is 0 Å². The summed E-state index contributed by atoms with van der Waals surface area (Å²) in [5, 5.41) is 0. The van der Waals surface area contributed by atoms with Gasteiger partial charge in [0.15, 0.2) is 6.29 Å². The number of nitrogens with zero attached hydrogens (tertiary/aromatic N) is 1. The molecule has 0 heterocycles. The molecule has 0 bridgehead atoms. The van der Waals surface area contributed by atoms with Crippen LogP contribution in [0.5, 0.6) is 0 Å². The van der Waals surface area contributed by atoms with E-state index in [1.54, 1.807) is 0 Å². The Kier molecular flexibility index (Phi) is 7.16. The molecule has 0 unspecified atom stereocenters. The van der Waals surface area contributed by atoms with Crippen molar-refractivity contribution in [1.29, 1.82) is 0 Å². The molecule has 3 nitrogen and oxygen atoms in total. The van der Waals surface area contributed by atoms with Crippen molar-refractivity contribution in [2.75, 3.05) is 19.8 Å². The van der Waals surface area contributed by atoms with E-state index in [2.05, 4.69) is 40.0 Å². The lowest BCUT2D eigenvalue weighted by atomic mass is 10.1. The highest BCUT2D eigenvalue weighted by atomic mass is 79.9. The number of hydrogen-bond donors (Lipinski definition) is 0. The summed E-state index contributed by atoms with van der Waals surface area (Å²) in [4.78, 5) is 4.38. The third-order valence-corrected chi connectivity index (χ3v) is 3.06. The van der Waals surface area contributed by atoms with Gasteiger partial charge in [-0.15, -0.1) is 0 Å². The largest absolute Gasteiger partial charge is 0.351 e. The maximum absolute atomic E-state index is 5.43. The molecule has 18 heavy (non-hydrogen) atoms. The van der Waals surface area contributed by atoms with Crippen molar-refractivity contribution < 1.29 is 9.47 Å². The summed E-state index contributed by atoms with van der Waals surface area (Å²) in [6.07, 6.45) is 1.60. The summed E-state index contributed by atoms with van der Waals surface area (Å²) < 4.78 is 11.9. The predicted molar refractivity (Wildman–Crippen MR) is 78.4 cm³/mol. The molecule has 0 fully saturated rings. The molecule has 1 rings (SSSR count). The first-order valence-electron chi connectivity index (χ1n) is 6.16. The van der Waals surface area contributed by atoms with Crippen molar-refractivity contribution in [3.63, 3.8) is 0 Å². The topological polar surface area (TPSA) is 30.8 Å². The van der Waals surface area contributed by atoms with Gasteiger partial charge in [-0.3, -0.25) is 4.99 Å². The van der Waals surface area contributed by atoms with E-state index in [4.69, 9.17) is 9.47 Å². The lowest BCUT2D eigenvalue weighted by molar-refractivity contribution is -0.128. The Hall–Kier alpha value is -0.710. The minimum absolute atomic E-state index is 0.250. The average Bonchev–Trinajstić information content (AvgIpc) is 2.34. The Labute approximate surface area is 117 Å². The van der Waals surface area contributed by atoms with Crippen LogP contribution in [0.15, 0.2) is 27.7 Å². The Morgan fingerprint density at radius 2 is 1.94 bits per heavy atom. The lowest BCUT2D eigenvalue weighted by Gasteiger charge is -2.14. The monoisotopic (exact) mass is 313 g/mol. The first-order valence-corrected chi connectivity index (χ1v) is 6.95. The third kappa shape index (κ3) is 5.29. The Balaban J connectivity index is 2.59. The summed E-state index contributed by atoms with van der Waals surface area (Å²) >= 11 is 3.51. The lowest BCUT2D eigenvalue weighted by Crippen LogP contribution is -2.20. The van der Waals surface area contributed by atoms with E-state index < -0.39 is 0 Å². The van der Waals surface area contributed by atoms with Gasteiger partial charge in [0.25, 0.3) is 0 Å². The number of benzene rings is 1. The molecule has 0 aliphatic heterocycles. The molecular weight excluding hydrogens is 294 g/mol. The summed E-state index contributed by atoms with van der Waals surface area (Å²) in [7, 11) is 0. The molecular formula is C14H20BrNO2. The van der Waals surface area contributed by atoms with Gasteiger partial charge in [0.05, 0.1) is 6.54 Å². The van der Waals surface area contributed by atoms with Crippen LogP contribution >= 0.6 is 15.9 Å². The summed E-state index contributed by atoms with van der Waals surface area (Å²) in [6, 6.07) is 6.17. The Morgan fingerprint density at radius 3 is 2.56 bits per heavy atom. The standard InChI is InChI=1S/C14H20BrNO2/c1-4-17-14(18-5-2)10-16-9-12-8-11(3)6-7-13(12)15/h6-9,14H,4-5,10H2,1-3H3. The minimum atomic E-state index is -0.250. The quantitative estimate of drug-likeness (QED) is 0.569. The maximum Gasteiger partial charge on any atom is 0.176 e. The molecule has 0 N–H and O–H groups in total. The van der Waals surface area contributed by atoms with Crippen molar-refractivity contribution in [2.24, 2.45) is 4.99 Å². The Bertz CT molecular complexity index is 387. The number of hydrogen-bond acceptors (Lipinski definition) is 3. The van der Waals surface area contributed by atoms with Crippen molar-refractivity contribution >= 4 is 22.1 Å². The maximum atomic E-state index is 5.43. The number of rotatable bonds is 7. The molecule has 0 aliphatic rings. The number of aryl methyl sites for hydroxylation is 1. The molecule has 0 saturated carbocycles. The highest BCUT2D eigenvalue weighted by Crippen LogP contribution is 2.16. The molecule has 1 aromatic rings. The fourth-order valence-corrected chi connectivity index (χ4v) is 1.87. The summed E-state index contributed by atoms with van der Waals surface area (Å²) in [5.74, 6) is 0. The van der Waals surface area contributed by atoms with Gasteiger partial charge in [-0.05, 0) is 32.9 Å². The van der Waals surface area contributed by atoms with E-state index in [-0.39, 0.29) is 6.29 Å². The molecule has 0 saturated heterocycles. The van der Waals surface area contributed by atoms with Crippen LogP contribution in [0.25, 0.3) is 0 Å². The Morgan fingerprint density at radius 1 is 1.28 bits per heavy atom. The zero-order valence-electron chi connectivity index (χ0n) is 11.1. The van der Waals surface area contributed by atoms with Crippen LogP contribution in [-0.2, 0) is 9.47 Å². The SMILES string of the molecule is CCOC(CN=Cc1cc(C)ccc1Br)OCC. The smallest absolute Gasteiger partial charge is 0.176 e.